The molecule has 0 aliphatic rings. The van der Waals surface area contributed by atoms with Crippen LogP contribution in [0.25, 0.3) is 6.08 Å². The van der Waals surface area contributed by atoms with E-state index >= 15 is 0 Å². The van der Waals surface area contributed by atoms with Gasteiger partial charge in [-0.3, -0.25) is 25.0 Å². The molecule has 0 aromatic heterocycles. The Morgan fingerprint density at radius 1 is 0.778 bits per heavy atom. The Labute approximate surface area is 259 Å². The fourth-order valence-electron chi connectivity index (χ4n) is 4.88. The van der Waals surface area contributed by atoms with Gasteiger partial charge < -0.3 is 14.6 Å². The summed E-state index contributed by atoms with van der Waals surface area (Å²) in [4.78, 5) is 57.4. The number of nitro benzene ring substituents is 2. The Kier molecular flexibility index (Phi) is 12.5. The van der Waals surface area contributed by atoms with Gasteiger partial charge in [-0.15, -0.1) is 0 Å². The summed E-state index contributed by atoms with van der Waals surface area (Å²) in [6.07, 6.45) is 5.88. The van der Waals surface area contributed by atoms with Gasteiger partial charge in [0.15, 0.2) is 0 Å². The van der Waals surface area contributed by atoms with E-state index in [4.69, 9.17) is 4.74 Å². The van der Waals surface area contributed by atoms with Crippen molar-refractivity contribution >= 4 is 35.4 Å². The van der Waals surface area contributed by atoms with Crippen LogP contribution in [0.2, 0.25) is 0 Å². The van der Waals surface area contributed by atoms with Crippen LogP contribution in [0.4, 0.5) is 11.4 Å². The first-order valence-corrected chi connectivity index (χ1v) is 14.3. The average Bonchev–Trinajstić information content (AvgIpc) is 3.03. The zero-order valence-electron chi connectivity index (χ0n) is 24.8. The summed E-state index contributed by atoms with van der Waals surface area (Å²) in [6.45, 7) is 0.193. The van der Waals surface area contributed by atoms with E-state index in [0.717, 1.165) is 5.56 Å². The monoisotopic (exact) mass is 618 g/mol. The maximum Gasteiger partial charge on any atom is 0.338 e. The van der Waals surface area contributed by atoms with E-state index in [1.807, 2.05) is 0 Å². The number of nitro groups is 2. The molecule has 3 aromatic rings. The summed E-state index contributed by atoms with van der Waals surface area (Å²) in [7, 11) is 1.28. The highest BCUT2D eigenvalue weighted by atomic mass is 16.6. The van der Waals surface area contributed by atoms with Crippen LogP contribution >= 0.6 is 0 Å². The highest BCUT2D eigenvalue weighted by Crippen LogP contribution is 2.35. The number of carboxylic acid groups (broad SMARTS) is 1. The van der Waals surface area contributed by atoms with Gasteiger partial charge in [-0.05, 0) is 60.6 Å². The molecule has 0 bridgehead atoms. The third-order valence-corrected chi connectivity index (χ3v) is 7.38. The Morgan fingerprint density at radius 3 is 1.76 bits per heavy atom. The number of hydrogen-bond donors (Lipinski definition) is 1. The van der Waals surface area contributed by atoms with Gasteiger partial charge in [-0.25, -0.2) is 9.59 Å². The highest BCUT2D eigenvalue weighted by molar-refractivity contribution is 5.90. The number of nitrogens with zero attached hydrogens (tertiary/aromatic N) is 2. The minimum absolute atomic E-state index is 0.0967. The molecule has 0 radical (unpaired) electrons. The number of methoxy groups -OCH3 is 1. The molecule has 0 atom stereocenters. The second kappa shape index (κ2) is 16.5. The van der Waals surface area contributed by atoms with Gasteiger partial charge in [0, 0.05) is 30.3 Å². The molecule has 0 aliphatic heterocycles. The predicted molar refractivity (Wildman–Crippen MR) is 165 cm³/mol. The Balaban J connectivity index is 1.57. The molecule has 0 amide bonds. The van der Waals surface area contributed by atoms with Crippen LogP contribution in [0.1, 0.15) is 59.2 Å². The smallest absolute Gasteiger partial charge is 0.338 e. The van der Waals surface area contributed by atoms with E-state index in [0.29, 0.717) is 48.8 Å². The second-order valence-electron chi connectivity index (χ2n) is 10.6. The molecule has 0 fully saturated rings. The molecule has 0 saturated heterocycles. The molecule has 0 heterocycles. The maximum absolute atomic E-state index is 12.8. The molecule has 0 spiro atoms. The number of non-ortho nitro benzene ring substituents is 2. The van der Waals surface area contributed by atoms with Gasteiger partial charge in [0.05, 0.1) is 34.5 Å². The molecular formula is C33H34N2O10. The number of rotatable bonds is 17. The molecule has 3 aromatic carbocycles. The van der Waals surface area contributed by atoms with Gasteiger partial charge in [-0.1, -0.05) is 55.7 Å². The third-order valence-electron chi connectivity index (χ3n) is 7.38. The number of esters is 2. The van der Waals surface area contributed by atoms with Crippen molar-refractivity contribution in [2.75, 3.05) is 13.7 Å². The summed E-state index contributed by atoms with van der Waals surface area (Å²) >= 11 is 0. The lowest BCUT2D eigenvalue weighted by Crippen LogP contribution is -2.36. The molecule has 0 aliphatic carbocycles. The normalized spacial score (nSPS) is 11.2. The highest BCUT2D eigenvalue weighted by Gasteiger charge is 2.38. The summed E-state index contributed by atoms with van der Waals surface area (Å²) in [5.74, 6) is -1.99. The van der Waals surface area contributed by atoms with E-state index in [-0.39, 0.29) is 30.8 Å². The zero-order chi connectivity index (χ0) is 32.8. The molecule has 3 rings (SSSR count). The number of ether oxygens (including phenoxy) is 2. The van der Waals surface area contributed by atoms with Crippen LogP contribution in [0.15, 0.2) is 78.9 Å². The molecule has 12 nitrogen and oxygen atoms in total. The standard InChI is InChI=1S/C33H34N2O10/c1-44-30(36)19-12-24-6-13-27(14-7-24)31(37)45-21-5-3-2-4-20-33(32(38)39,22-25-8-15-28(16-9-25)34(40)41)23-26-10-17-29(18-11-26)35(42)43/h6-19H,2-5,20-23H2,1H3,(H,38,39)/b19-12+. The van der Waals surface area contributed by atoms with Crippen LogP contribution < -0.4 is 0 Å². The number of carboxylic acids is 1. The van der Waals surface area contributed by atoms with Crippen molar-refractivity contribution in [2.45, 2.75) is 44.9 Å². The minimum Gasteiger partial charge on any atom is -0.481 e. The van der Waals surface area contributed by atoms with Gasteiger partial charge >= 0.3 is 17.9 Å². The van der Waals surface area contributed by atoms with Crippen LogP contribution in [-0.2, 0) is 31.9 Å². The van der Waals surface area contributed by atoms with Crippen LogP contribution in [0.3, 0.4) is 0 Å². The van der Waals surface area contributed by atoms with Crippen LogP contribution in [-0.4, -0.2) is 46.6 Å². The summed E-state index contributed by atoms with van der Waals surface area (Å²) < 4.78 is 9.90. The lowest BCUT2D eigenvalue weighted by molar-refractivity contribution is -0.385. The van der Waals surface area contributed by atoms with Gasteiger partial charge in [0.25, 0.3) is 11.4 Å². The first-order chi connectivity index (χ1) is 21.5. The first-order valence-electron chi connectivity index (χ1n) is 14.3. The number of benzene rings is 3. The predicted octanol–water partition coefficient (Wildman–Crippen LogP) is 6.35. The van der Waals surface area contributed by atoms with Crippen molar-refractivity contribution in [3.8, 4) is 0 Å². The topological polar surface area (TPSA) is 176 Å². The Hall–Kier alpha value is -5.39. The van der Waals surface area contributed by atoms with E-state index < -0.39 is 33.2 Å². The third kappa shape index (κ3) is 10.4. The van der Waals surface area contributed by atoms with Gasteiger partial charge in [0.1, 0.15) is 0 Å². The molecule has 0 saturated carbocycles. The summed E-state index contributed by atoms with van der Waals surface area (Å²) in [5, 5.41) is 32.6. The molecule has 12 heteroatoms. The van der Waals surface area contributed by atoms with Crippen molar-refractivity contribution in [1.29, 1.82) is 0 Å². The first kappa shape index (κ1) is 34.1. The average molecular weight is 619 g/mol. The lowest BCUT2D eigenvalue weighted by Gasteiger charge is -2.30. The molecular weight excluding hydrogens is 584 g/mol. The number of hydrogen-bond acceptors (Lipinski definition) is 9. The molecule has 0 unspecified atom stereocenters. The van der Waals surface area contributed by atoms with Crippen molar-refractivity contribution < 1.29 is 38.8 Å². The van der Waals surface area contributed by atoms with E-state index in [1.165, 1.54) is 37.5 Å². The second-order valence-corrected chi connectivity index (χ2v) is 10.6. The van der Waals surface area contributed by atoms with E-state index in [2.05, 4.69) is 4.74 Å². The van der Waals surface area contributed by atoms with Crippen molar-refractivity contribution in [3.63, 3.8) is 0 Å². The number of unbranched alkanes of at least 4 members (excludes halogenated alkanes) is 3. The fraction of sp³-hybridized carbons (Fsp3) is 0.303. The summed E-state index contributed by atoms with van der Waals surface area (Å²) in [5.41, 5.74) is 0.900. The maximum atomic E-state index is 12.8. The minimum atomic E-state index is -1.25. The van der Waals surface area contributed by atoms with Crippen LogP contribution in [0, 0.1) is 25.6 Å². The van der Waals surface area contributed by atoms with Gasteiger partial charge in [-0.2, -0.15) is 0 Å². The van der Waals surface area contributed by atoms with E-state index in [1.54, 1.807) is 54.6 Å². The Bertz CT molecular complexity index is 1460. The Morgan fingerprint density at radius 2 is 1.29 bits per heavy atom. The SMILES string of the molecule is COC(=O)/C=C/c1ccc(C(=O)OCCCCCCC(Cc2ccc([N+](=O)[O-])cc2)(Cc2ccc([N+](=O)[O-])cc2)C(=O)O)cc1. The van der Waals surface area contributed by atoms with Gasteiger partial charge in [0.2, 0.25) is 0 Å². The number of aliphatic carboxylic acids is 1. The quantitative estimate of drug-likeness (QED) is 0.0589. The zero-order valence-corrected chi connectivity index (χ0v) is 24.8. The molecule has 45 heavy (non-hydrogen) atoms. The number of carbonyl (C=O) groups is 3. The fourth-order valence-corrected chi connectivity index (χ4v) is 4.88. The molecule has 1 N–H and O–H groups in total. The summed E-state index contributed by atoms with van der Waals surface area (Å²) in [6, 6.07) is 18.1. The van der Waals surface area contributed by atoms with E-state index in [9.17, 15) is 39.7 Å². The van der Waals surface area contributed by atoms with Crippen molar-refractivity contribution in [2.24, 2.45) is 5.41 Å². The van der Waals surface area contributed by atoms with Crippen LogP contribution in [0.5, 0.6) is 0 Å². The largest absolute Gasteiger partial charge is 0.481 e. The lowest BCUT2D eigenvalue weighted by atomic mass is 9.73. The number of carbonyl (C=O) groups excluding carboxylic acids is 2. The van der Waals surface area contributed by atoms with Crippen molar-refractivity contribution in [3.05, 3.63) is 121 Å². The molecule has 236 valence electrons. The van der Waals surface area contributed by atoms with Crippen molar-refractivity contribution in [1.82, 2.24) is 0 Å².